The Labute approximate surface area is 127 Å². The maximum Gasteiger partial charge on any atom is 0.433 e. The maximum absolute atomic E-state index is 12.7. The Bertz CT molecular complexity index is 483. The van der Waals surface area contributed by atoms with Gasteiger partial charge in [-0.2, -0.15) is 13.2 Å². The number of hydrogen-bond acceptors (Lipinski definition) is 2. The van der Waals surface area contributed by atoms with Gasteiger partial charge in [0.1, 0.15) is 5.69 Å². The molecule has 0 spiro atoms. The van der Waals surface area contributed by atoms with Crippen LogP contribution in [0.5, 0.6) is 0 Å². The van der Waals surface area contributed by atoms with E-state index in [2.05, 4.69) is 54.8 Å². The van der Waals surface area contributed by atoms with Crippen molar-refractivity contribution in [3.8, 4) is 0 Å². The number of pyridine rings is 1. The second kappa shape index (κ2) is 5.77. The summed E-state index contributed by atoms with van der Waals surface area (Å²) in [5.74, 6) is 0. The standard InChI is InChI=1S/C13H19BrF3NOSi/c1-12(2,3)20(4,5)19-8-10-9(14)6-7-11(18-10)13(15,16)17/h6-7H,8H2,1-5H3. The molecule has 7 heteroatoms. The Morgan fingerprint density at radius 3 is 2.20 bits per heavy atom. The molecule has 0 N–H and O–H groups in total. The highest BCUT2D eigenvalue weighted by atomic mass is 79.9. The molecule has 1 aromatic rings. The number of aromatic nitrogens is 1. The van der Waals surface area contributed by atoms with Crippen LogP contribution in [0.3, 0.4) is 0 Å². The average Bonchev–Trinajstić information content (AvgIpc) is 2.24. The monoisotopic (exact) mass is 369 g/mol. The van der Waals surface area contributed by atoms with Crippen molar-refractivity contribution in [2.45, 2.75) is 51.7 Å². The minimum Gasteiger partial charge on any atom is -0.411 e. The van der Waals surface area contributed by atoms with Gasteiger partial charge in [-0.05, 0) is 46.2 Å². The Morgan fingerprint density at radius 1 is 1.20 bits per heavy atom. The average molecular weight is 370 g/mol. The van der Waals surface area contributed by atoms with E-state index < -0.39 is 20.2 Å². The topological polar surface area (TPSA) is 22.1 Å². The molecule has 2 nitrogen and oxygen atoms in total. The van der Waals surface area contributed by atoms with Gasteiger partial charge in [0.05, 0.1) is 12.3 Å². The molecule has 0 atom stereocenters. The number of rotatable bonds is 3. The van der Waals surface area contributed by atoms with Crippen LogP contribution in [0, 0.1) is 0 Å². The number of halogens is 4. The number of alkyl halides is 3. The van der Waals surface area contributed by atoms with Crippen molar-refractivity contribution in [1.82, 2.24) is 4.98 Å². The Hall–Kier alpha value is -0.403. The van der Waals surface area contributed by atoms with Crippen molar-refractivity contribution in [3.05, 3.63) is 28.0 Å². The highest BCUT2D eigenvalue weighted by Crippen LogP contribution is 2.37. The van der Waals surface area contributed by atoms with E-state index in [4.69, 9.17) is 4.43 Å². The summed E-state index contributed by atoms with van der Waals surface area (Å²) in [4.78, 5) is 3.65. The third kappa shape index (κ3) is 4.29. The normalized spacial score (nSPS) is 13.7. The molecule has 20 heavy (non-hydrogen) atoms. The van der Waals surface area contributed by atoms with E-state index in [0.717, 1.165) is 6.07 Å². The fourth-order valence-corrected chi connectivity index (χ4v) is 2.47. The van der Waals surface area contributed by atoms with Gasteiger partial charge in [0.15, 0.2) is 8.32 Å². The van der Waals surface area contributed by atoms with Crippen LogP contribution in [0.2, 0.25) is 18.1 Å². The lowest BCUT2D eigenvalue weighted by Gasteiger charge is -2.36. The molecule has 0 bridgehead atoms. The molecular weight excluding hydrogens is 351 g/mol. The molecule has 0 radical (unpaired) electrons. The molecule has 0 aliphatic rings. The van der Waals surface area contributed by atoms with Crippen molar-refractivity contribution < 1.29 is 17.6 Å². The largest absolute Gasteiger partial charge is 0.433 e. The van der Waals surface area contributed by atoms with Crippen LogP contribution in [0.25, 0.3) is 0 Å². The van der Waals surface area contributed by atoms with Gasteiger partial charge in [0, 0.05) is 4.47 Å². The van der Waals surface area contributed by atoms with E-state index in [1.807, 2.05) is 0 Å². The van der Waals surface area contributed by atoms with Crippen LogP contribution in [-0.4, -0.2) is 13.3 Å². The second-order valence-electron chi connectivity index (χ2n) is 6.17. The highest BCUT2D eigenvalue weighted by Gasteiger charge is 2.38. The van der Waals surface area contributed by atoms with Gasteiger partial charge in [-0.1, -0.05) is 20.8 Å². The second-order valence-corrected chi connectivity index (χ2v) is 11.8. The smallest absolute Gasteiger partial charge is 0.411 e. The molecule has 0 amide bonds. The number of hydrogen-bond donors (Lipinski definition) is 0. The van der Waals surface area contributed by atoms with Gasteiger partial charge >= 0.3 is 6.18 Å². The molecule has 1 heterocycles. The molecule has 0 unspecified atom stereocenters. The van der Waals surface area contributed by atoms with Crippen molar-refractivity contribution >= 4 is 24.2 Å². The van der Waals surface area contributed by atoms with Crippen LogP contribution in [0.4, 0.5) is 13.2 Å². The highest BCUT2D eigenvalue weighted by molar-refractivity contribution is 9.10. The fourth-order valence-electron chi connectivity index (χ4n) is 1.21. The van der Waals surface area contributed by atoms with Crippen LogP contribution in [-0.2, 0) is 17.2 Å². The summed E-state index contributed by atoms with van der Waals surface area (Å²) >= 11 is 3.22. The van der Waals surface area contributed by atoms with E-state index in [0.29, 0.717) is 4.47 Å². The summed E-state index contributed by atoms with van der Waals surface area (Å²) < 4.78 is 44.4. The van der Waals surface area contributed by atoms with Crippen molar-refractivity contribution in [2.75, 3.05) is 0 Å². The van der Waals surface area contributed by atoms with E-state index in [9.17, 15) is 13.2 Å². The summed E-state index contributed by atoms with van der Waals surface area (Å²) in [5.41, 5.74) is -0.612. The van der Waals surface area contributed by atoms with Crippen LogP contribution in [0.15, 0.2) is 16.6 Å². The van der Waals surface area contributed by atoms with Crippen LogP contribution < -0.4 is 0 Å². The maximum atomic E-state index is 12.7. The molecule has 0 aromatic carbocycles. The molecule has 0 saturated heterocycles. The molecular formula is C13H19BrF3NOSi. The molecule has 114 valence electrons. The zero-order valence-corrected chi connectivity index (χ0v) is 14.8. The third-order valence-corrected chi connectivity index (χ3v) is 8.79. The predicted octanol–water partition coefficient (Wildman–Crippen LogP) is 5.38. The first-order valence-corrected chi connectivity index (χ1v) is 9.91. The van der Waals surface area contributed by atoms with Crippen molar-refractivity contribution in [2.24, 2.45) is 0 Å². The zero-order chi connectivity index (χ0) is 15.8. The van der Waals surface area contributed by atoms with E-state index >= 15 is 0 Å². The quantitative estimate of drug-likeness (QED) is 0.666. The van der Waals surface area contributed by atoms with Gasteiger partial charge in [-0.3, -0.25) is 0 Å². The summed E-state index contributed by atoms with van der Waals surface area (Å²) in [6.07, 6.45) is -4.44. The van der Waals surface area contributed by atoms with Gasteiger partial charge in [-0.25, -0.2) is 4.98 Å². The first kappa shape index (κ1) is 17.6. The summed E-state index contributed by atoms with van der Waals surface area (Å²) in [6, 6.07) is 2.32. The Morgan fingerprint density at radius 2 is 1.75 bits per heavy atom. The summed E-state index contributed by atoms with van der Waals surface area (Å²) in [5, 5.41) is 0.00110. The summed E-state index contributed by atoms with van der Waals surface area (Å²) in [6.45, 7) is 10.4. The van der Waals surface area contributed by atoms with Crippen molar-refractivity contribution in [1.29, 1.82) is 0 Å². The van der Waals surface area contributed by atoms with Gasteiger partial charge in [0.2, 0.25) is 0 Å². The minimum absolute atomic E-state index is 0.00110. The first-order chi connectivity index (χ1) is 8.84. The number of nitrogens with zero attached hydrogens (tertiary/aromatic N) is 1. The third-order valence-electron chi connectivity index (χ3n) is 3.58. The van der Waals surface area contributed by atoms with E-state index in [1.54, 1.807) is 0 Å². The van der Waals surface area contributed by atoms with Crippen LogP contribution >= 0.6 is 15.9 Å². The fraction of sp³-hybridized carbons (Fsp3) is 0.615. The first-order valence-electron chi connectivity index (χ1n) is 6.21. The Balaban J connectivity index is 2.94. The van der Waals surface area contributed by atoms with Gasteiger partial charge < -0.3 is 4.43 Å². The molecule has 0 aliphatic heterocycles. The SMILES string of the molecule is CC(C)(C)[Si](C)(C)OCc1nc(C(F)(F)F)ccc1Br. The van der Waals surface area contributed by atoms with Gasteiger partial charge in [0.25, 0.3) is 0 Å². The molecule has 0 saturated carbocycles. The van der Waals surface area contributed by atoms with Gasteiger partial charge in [-0.15, -0.1) is 0 Å². The van der Waals surface area contributed by atoms with Crippen molar-refractivity contribution in [3.63, 3.8) is 0 Å². The molecule has 0 aliphatic carbocycles. The summed E-state index contributed by atoms with van der Waals surface area (Å²) in [7, 11) is -2.02. The lowest BCUT2D eigenvalue weighted by atomic mass is 10.2. The predicted molar refractivity (Wildman–Crippen MR) is 78.9 cm³/mol. The molecule has 0 fully saturated rings. The van der Waals surface area contributed by atoms with E-state index in [1.165, 1.54) is 6.07 Å². The minimum atomic E-state index is -4.44. The molecule has 1 rings (SSSR count). The lowest BCUT2D eigenvalue weighted by molar-refractivity contribution is -0.141. The van der Waals surface area contributed by atoms with E-state index in [-0.39, 0.29) is 17.3 Å². The zero-order valence-electron chi connectivity index (χ0n) is 12.2. The molecule has 1 aromatic heterocycles. The van der Waals surface area contributed by atoms with Crippen LogP contribution in [0.1, 0.15) is 32.2 Å². The lowest BCUT2D eigenvalue weighted by Crippen LogP contribution is -2.40. The Kier molecular flexibility index (Phi) is 5.09.